The minimum absolute atomic E-state index is 0.136. The predicted octanol–water partition coefficient (Wildman–Crippen LogP) is 2.50. The van der Waals surface area contributed by atoms with Crippen molar-refractivity contribution in [2.24, 2.45) is 7.05 Å². The molecule has 0 spiro atoms. The van der Waals surface area contributed by atoms with Crippen LogP contribution in [-0.2, 0) is 7.05 Å². The number of aryl methyl sites for hydroxylation is 1. The molecule has 4 nitrogen and oxygen atoms in total. The molecule has 0 amide bonds. The Balaban J connectivity index is 2.30. The van der Waals surface area contributed by atoms with Crippen molar-refractivity contribution < 1.29 is 8.78 Å². The summed E-state index contributed by atoms with van der Waals surface area (Å²) in [5.74, 6) is -1.48. The van der Waals surface area contributed by atoms with Crippen LogP contribution in [0.2, 0.25) is 0 Å². The van der Waals surface area contributed by atoms with Crippen LogP contribution in [0.5, 0.6) is 0 Å². The molecule has 96 valence electrons. The Bertz CT molecular complexity index is 780. The fourth-order valence-corrected chi connectivity index (χ4v) is 2.02. The van der Waals surface area contributed by atoms with Crippen LogP contribution in [-0.4, -0.2) is 14.5 Å². The van der Waals surface area contributed by atoms with Gasteiger partial charge in [-0.2, -0.15) is 0 Å². The molecule has 0 aliphatic carbocycles. The maximum absolute atomic E-state index is 13.3. The summed E-state index contributed by atoms with van der Waals surface area (Å²) >= 11 is 0. The minimum atomic E-state index is -0.974. The molecule has 3 aromatic rings. The number of benzene rings is 1. The van der Waals surface area contributed by atoms with Crippen LogP contribution in [0.25, 0.3) is 22.6 Å². The van der Waals surface area contributed by atoms with E-state index in [1.807, 2.05) is 6.07 Å². The lowest BCUT2D eigenvalue weighted by Gasteiger charge is -2.06. The maximum atomic E-state index is 13.3. The van der Waals surface area contributed by atoms with Gasteiger partial charge >= 0.3 is 0 Å². The molecule has 6 heteroatoms. The quantitative estimate of drug-likeness (QED) is 0.684. The van der Waals surface area contributed by atoms with E-state index in [1.54, 1.807) is 23.9 Å². The van der Waals surface area contributed by atoms with Gasteiger partial charge in [0, 0.05) is 30.6 Å². The number of rotatable bonds is 1. The molecule has 2 aromatic heterocycles. The Kier molecular flexibility index (Phi) is 2.45. The Morgan fingerprint density at radius 3 is 2.68 bits per heavy atom. The molecule has 0 aliphatic rings. The zero-order valence-corrected chi connectivity index (χ0v) is 10.1. The van der Waals surface area contributed by atoms with E-state index in [9.17, 15) is 8.78 Å². The standard InChI is InChI=1S/C13H10F2N4/c1-19-11-3-2-4-17-12(11)18-13(19)7-5-8(14)9(15)6-10(7)16/h2-6H,16H2,1H3. The van der Waals surface area contributed by atoms with Crippen molar-refractivity contribution in [3.05, 3.63) is 42.1 Å². The molecule has 0 radical (unpaired) electrons. The van der Waals surface area contributed by atoms with Gasteiger partial charge in [0.15, 0.2) is 17.3 Å². The first-order valence-corrected chi connectivity index (χ1v) is 5.60. The number of anilines is 1. The van der Waals surface area contributed by atoms with Crippen LogP contribution in [0.3, 0.4) is 0 Å². The summed E-state index contributed by atoms with van der Waals surface area (Å²) in [6.45, 7) is 0. The van der Waals surface area contributed by atoms with Crippen molar-refractivity contribution in [2.75, 3.05) is 5.73 Å². The highest BCUT2D eigenvalue weighted by molar-refractivity contribution is 5.81. The van der Waals surface area contributed by atoms with Gasteiger partial charge < -0.3 is 10.3 Å². The number of hydrogen-bond acceptors (Lipinski definition) is 3. The number of hydrogen-bond donors (Lipinski definition) is 1. The van der Waals surface area contributed by atoms with E-state index in [0.29, 0.717) is 17.0 Å². The molecular weight excluding hydrogens is 250 g/mol. The van der Waals surface area contributed by atoms with Gasteiger partial charge in [-0.15, -0.1) is 0 Å². The maximum Gasteiger partial charge on any atom is 0.178 e. The summed E-state index contributed by atoms with van der Waals surface area (Å²) in [6, 6.07) is 5.63. The number of nitrogens with two attached hydrogens (primary N) is 1. The molecule has 0 aliphatic heterocycles. The number of nitrogens with zero attached hydrogens (tertiary/aromatic N) is 3. The highest BCUT2D eigenvalue weighted by Crippen LogP contribution is 2.29. The Morgan fingerprint density at radius 1 is 1.21 bits per heavy atom. The van der Waals surface area contributed by atoms with Gasteiger partial charge in [0.1, 0.15) is 5.82 Å². The Hall–Kier alpha value is -2.50. The molecule has 1 aromatic carbocycles. The van der Waals surface area contributed by atoms with Crippen molar-refractivity contribution in [2.45, 2.75) is 0 Å². The van der Waals surface area contributed by atoms with Gasteiger partial charge in [-0.25, -0.2) is 18.7 Å². The molecular formula is C13H10F2N4. The third kappa shape index (κ3) is 1.72. The summed E-state index contributed by atoms with van der Waals surface area (Å²) < 4.78 is 28.2. The zero-order chi connectivity index (χ0) is 13.6. The Labute approximate surface area is 107 Å². The van der Waals surface area contributed by atoms with Crippen molar-refractivity contribution >= 4 is 16.9 Å². The molecule has 0 atom stereocenters. The van der Waals surface area contributed by atoms with E-state index in [2.05, 4.69) is 9.97 Å². The fourth-order valence-electron chi connectivity index (χ4n) is 2.02. The molecule has 2 N–H and O–H groups in total. The second-order valence-corrected chi connectivity index (χ2v) is 4.19. The fraction of sp³-hybridized carbons (Fsp3) is 0.0769. The average Bonchev–Trinajstić information content (AvgIpc) is 2.72. The number of fused-ring (bicyclic) bond motifs is 1. The van der Waals surface area contributed by atoms with Crippen LogP contribution >= 0.6 is 0 Å². The lowest BCUT2D eigenvalue weighted by Crippen LogP contribution is -1.99. The van der Waals surface area contributed by atoms with Crippen LogP contribution in [0.4, 0.5) is 14.5 Å². The van der Waals surface area contributed by atoms with Crippen molar-refractivity contribution in [3.8, 4) is 11.4 Å². The number of aromatic nitrogens is 3. The zero-order valence-electron chi connectivity index (χ0n) is 10.1. The van der Waals surface area contributed by atoms with Gasteiger partial charge in [-0.3, -0.25) is 0 Å². The van der Waals surface area contributed by atoms with E-state index < -0.39 is 11.6 Å². The summed E-state index contributed by atoms with van der Waals surface area (Å²) in [5, 5.41) is 0. The van der Waals surface area contributed by atoms with E-state index in [1.165, 1.54) is 0 Å². The monoisotopic (exact) mass is 260 g/mol. The lowest BCUT2D eigenvalue weighted by molar-refractivity contribution is 0.509. The number of nitrogen functional groups attached to an aromatic ring is 1. The molecule has 2 heterocycles. The normalized spacial score (nSPS) is 11.1. The molecule has 0 fully saturated rings. The number of imidazole rings is 1. The average molecular weight is 260 g/mol. The highest BCUT2D eigenvalue weighted by Gasteiger charge is 2.15. The molecule has 0 bridgehead atoms. The van der Waals surface area contributed by atoms with Crippen LogP contribution < -0.4 is 5.73 Å². The summed E-state index contributed by atoms with van der Waals surface area (Å²) in [6.07, 6.45) is 1.62. The third-order valence-electron chi connectivity index (χ3n) is 2.99. The topological polar surface area (TPSA) is 56.7 Å². The van der Waals surface area contributed by atoms with E-state index in [0.717, 1.165) is 17.6 Å². The lowest BCUT2D eigenvalue weighted by atomic mass is 10.1. The smallest absolute Gasteiger partial charge is 0.178 e. The second-order valence-electron chi connectivity index (χ2n) is 4.19. The molecule has 3 rings (SSSR count). The SMILES string of the molecule is Cn1c(-c2cc(F)c(F)cc2N)nc2ncccc21. The first kappa shape index (κ1) is 11.6. The second kappa shape index (κ2) is 4.01. The largest absolute Gasteiger partial charge is 0.398 e. The molecule has 0 unspecified atom stereocenters. The summed E-state index contributed by atoms with van der Waals surface area (Å²) in [4.78, 5) is 8.41. The first-order chi connectivity index (χ1) is 9.08. The first-order valence-electron chi connectivity index (χ1n) is 5.60. The van der Waals surface area contributed by atoms with Gasteiger partial charge in [0.25, 0.3) is 0 Å². The summed E-state index contributed by atoms with van der Waals surface area (Å²) in [7, 11) is 1.77. The number of pyridine rings is 1. The van der Waals surface area contributed by atoms with Crippen LogP contribution in [0, 0.1) is 11.6 Å². The molecule has 0 saturated carbocycles. The van der Waals surface area contributed by atoms with Gasteiger partial charge in [-0.1, -0.05) is 0 Å². The van der Waals surface area contributed by atoms with E-state index >= 15 is 0 Å². The van der Waals surface area contributed by atoms with Crippen molar-refractivity contribution in [1.82, 2.24) is 14.5 Å². The predicted molar refractivity (Wildman–Crippen MR) is 68.3 cm³/mol. The van der Waals surface area contributed by atoms with Crippen molar-refractivity contribution in [3.63, 3.8) is 0 Å². The van der Waals surface area contributed by atoms with Gasteiger partial charge in [-0.05, 0) is 18.2 Å². The molecule has 19 heavy (non-hydrogen) atoms. The van der Waals surface area contributed by atoms with E-state index in [4.69, 9.17) is 5.73 Å². The van der Waals surface area contributed by atoms with Gasteiger partial charge in [0.2, 0.25) is 0 Å². The Morgan fingerprint density at radius 2 is 1.95 bits per heavy atom. The van der Waals surface area contributed by atoms with E-state index in [-0.39, 0.29) is 5.69 Å². The minimum Gasteiger partial charge on any atom is -0.398 e. The van der Waals surface area contributed by atoms with Gasteiger partial charge in [0.05, 0.1) is 5.52 Å². The third-order valence-corrected chi connectivity index (χ3v) is 2.99. The van der Waals surface area contributed by atoms with Crippen LogP contribution in [0.1, 0.15) is 0 Å². The number of halogens is 2. The van der Waals surface area contributed by atoms with Crippen molar-refractivity contribution in [1.29, 1.82) is 0 Å². The molecule has 0 saturated heterocycles. The highest BCUT2D eigenvalue weighted by atomic mass is 19.2. The summed E-state index contributed by atoms with van der Waals surface area (Å²) in [5.41, 5.74) is 7.54. The van der Waals surface area contributed by atoms with Crippen LogP contribution in [0.15, 0.2) is 30.5 Å².